The number of aromatic nitrogens is 2. The van der Waals surface area contributed by atoms with Crippen molar-refractivity contribution in [3.05, 3.63) is 18.2 Å². The molecule has 0 spiro atoms. The summed E-state index contributed by atoms with van der Waals surface area (Å²) in [7, 11) is 2.24. The molecule has 0 aliphatic carbocycles. The fraction of sp³-hybridized carbons (Fsp3) is 0.800. The largest absolute Gasteiger partial charge is 0.331 e. The molecule has 0 aromatic carbocycles. The Kier molecular flexibility index (Phi) is 4.10. The minimum atomic E-state index is 0.495. The topological polar surface area (TPSA) is 27.5 Å². The quantitative estimate of drug-likeness (QED) is 0.820. The summed E-state index contributed by atoms with van der Waals surface area (Å²) < 4.78 is 2.29. The van der Waals surface area contributed by atoms with Crippen LogP contribution in [-0.2, 0) is 6.54 Å². The summed E-state index contributed by atoms with van der Waals surface area (Å²) in [5, 5.41) is 0. The third-order valence-electron chi connectivity index (χ3n) is 4.67. The number of hydrogen-bond acceptors (Lipinski definition) is 4. The van der Waals surface area contributed by atoms with Gasteiger partial charge in [0.25, 0.3) is 0 Å². The average Bonchev–Trinajstić information content (AvgIpc) is 2.86. The minimum absolute atomic E-state index is 0.495. The molecule has 3 heterocycles. The van der Waals surface area contributed by atoms with Crippen LogP contribution in [0.3, 0.4) is 0 Å². The molecule has 0 unspecified atom stereocenters. The van der Waals surface area contributed by atoms with Crippen LogP contribution in [0.1, 0.15) is 25.6 Å². The summed E-state index contributed by atoms with van der Waals surface area (Å²) in [6.45, 7) is 12.7. The zero-order chi connectivity index (χ0) is 14.1. The van der Waals surface area contributed by atoms with Gasteiger partial charge in [0.15, 0.2) is 0 Å². The van der Waals surface area contributed by atoms with Gasteiger partial charge in [-0.15, -0.1) is 0 Å². The molecule has 2 aliphatic heterocycles. The van der Waals surface area contributed by atoms with Crippen LogP contribution in [0.5, 0.6) is 0 Å². The third-order valence-corrected chi connectivity index (χ3v) is 4.67. The summed E-state index contributed by atoms with van der Waals surface area (Å²) >= 11 is 0. The molecule has 1 aromatic heterocycles. The summed E-state index contributed by atoms with van der Waals surface area (Å²) in [4.78, 5) is 12.0. The van der Waals surface area contributed by atoms with E-state index in [0.717, 1.165) is 6.54 Å². The number of imidazole rings is 1. The highest BCUT2D eigenvalue weighted by Crippen LogP contribution is 2.18. The lowest BCUT2D eigenvalue weighted by Gasteiger charge is -2.46. The Hall–Kier alpha value is -0.910. The van der Waals surface area contributed by atoms with E-state index in [1.54, 1.807) is 0 Å². The Morgan fingerprint density at radius 2 is 2.00 bits per heavy atom. The predicted molar refractivity (Wildman–Crippen MR) is 80.7 cm³/mol. The van der Waals surface area contributed by atoms with Crippen molar-refractivity contribution in [1.29, 1.82) is 0 Å². The van der Waals surface area contributed by atoms with Crippen molar-refractivity contribution in [2.45, 2.75) is 32.5 Å². The van der Waals surface area contributed by atoms with E-state index in [9.17, 15) is 0 Å². The van der Waals surface area contributed by atoms with E-state index >= 15 is 0 Å². The number of nitrogens with zero attached hydrogens (tertiary/aromatic N) is 5. The number of piperazine rings is 2. The van der Waals surface area contributed by atoms with Gasteiger partial charge in [0.1, 0.15) is 0 Å². The highest BCUT2D eigenvalue weighted by Gasteiger charge is 2.31. The molecule has 0 saturated carbocycles. The van der Waals surface area contributed by atoms with Crippen LogP contribution in [-0.4, -0.2) is 76.6 Å². The van der Waals surface area contributed by atoms with Crippen molar-refractivity contribution in [1.82, 2.24) is 24.3 Å². The van der Waals surface area contributed by atoms with Gasteiger partial charge in [0, 0.05) is 64.1 Å². The fourth-order valence-electron chi connectivity index (χ4n) is 3.47. The highest BCUT2D eigenvalue weighted by molar-refractivity contribution is 5.01. The molecule has 112 valence electrons. The van der Waals surface area contributed by atoms with Gasteiger partial charge in [0.2, 0.25) is 0 Å². The Morgan fingerprint density at radius 1 is 1.20 bits per heavy atom. The zero-order valence-corrected chi connectivity index (χ0v) is 13.0. The van der Waals surface area contributed by atoms with Gasteiger partial charge in [-0.25, -0.2) is 4.98 Å². The molecular formula is C15H27N5. The summed E-state index contributed by atoms with van der Waals surface area (Å²) in [5.74, 6) is 0. The predicted octanol–water partition coefficient (Wildman–Crippen LogP) is 0.896. The summed E-state index contributed by atoms with van der Waals surface area (Å²) in [6, 6.07) is 1.20. The Bertz CT molecular complexity index is 441. The Balaban J connectivity index is 1.62. The molecule has 0 amide bonds. The van der Waals surface area contributed by atoms with E-state index in [2.05, 4.69) is 45.1 Å². The highest BCUT2D eigenvalue weighted by atomic mass is 15.3. The second-order valence-corrected chi connectivity index (χ2v) is 6.57. The Morgan fingerprint density at radius 3 is 2.80 bits per heavy atom. The molecular weight excluding hydrogens is 250 g/mol. The van der Waals surface area contributed by atoms with Crippen LogP contribution in [0.4, 0.5) is 0 Å². The van der Waals surface area contributed by atoms with Crippen LogP contribution in [0.25, 0.3) is 0 Å². The normalized spacial score (nSPS) is 26.1. The summed E-state index contributed by atoms with van der Waals surface area (Å²) in [6.07, 6.45) is 3.99. The first-order valence-electron chi connectivity index (χ1n) is 7.79. The fourth-order valence-corrected chi connectivity index (χ4v) is 3.47. The van der Waals surface area contributed by atoms with Crippen molar-refractivity contribution in [2.75, 3.05) is 46.3 Å². The first-order chi connectivity index (χ1) is 9.63. The average molecular weight is 277 g/mol. The third kappa shape index (κ3) is 2.90. The smallest absolute Gasteiger partial charge is 0.0951 e. The van der Waals surface area contributed by atoms with Crippen LogP contribution in [0, 0.1) is 0 Å². The van der Waals surface area contributed by atoms with Crippen molar-refractivity contribution >= 4 is 0 Å². The molecule has 0 bridgehead atoms. The maximum Gasteiger partial charge on any atom is 0.0951 e. The van der Waals surface area contributed by atoms with E-state index in [1.807, 2.05) is 12.5 Å². The van der Waals surface area contributed by atoms with Gasteiger partial charge >= 0.3 is 0 Å². The first kappa shape index (κ1) is 14.0. The molecule has 2 aliphatic rings. The number of rotatable bonds is 3. The van der Waals surface area contributed by atoms with Crippen LogP contribution in [0.15, 0.2) is 12.5 Å². The maximum absolute atomic E-state index is 4.32. The second-order valence-electron chi connectivity index (χ2n) is 6.57. The SMILES string of the molecule is CC(C)n1cncc1CN1CCN2CCN(C)C[C@H]2C1. The van der Waals surface area contributed by atoms with Gasteiger partial charge < -0.3 is 9.47 Å². The lowest BCUT2D eigenvalue weighted by atomic mass is 10.1. The van der Waals surface area contributed by atoms with E-state index in [4.69, 9.17) is 0 Å². The molecule has 5 heteroatoms. The summed E-state index contributed by atoms with van der Waals surface area (Å²) in [5.41, 5.74) is 1.35. The zero-order valence-electron chi connectivity index (χ0n) is 13.0. The lowest BCUT2D eigenvalue weighted by molar-refractivity contribution is 0.0167. The monoisotopic (exact) mass is 277 g/mol. The van der Waals surface area contributed by atoms with E-state index < -0.39 is 0 Å². The molecule has 2 saturated heterocycles. The van der Waals surface area contributed by atoms with Crippen LogP contribution in [0.2, 0.25) is 0 Å². The first-order valence-corrected chi connectivity index (χ1v) is 7.79. The minimum Gasteiger partial charge on any atom is -0.331 e. The maximum atomic E-state index is 4.32. The molecule has 5 nitrogen and oxygen atoms in total. The number of fused-ring (bicyclic) bond motifs is 1. The van der Waals surface area contributed by atoms with Gasteiger partial charge in [-0.3, -0.25) is 9.80 Å². The molecule has 2 fully saturated rings. The van der Waals surface area contributed by atoms with Crippen LogP contribution < -0.4 is 0 Å². The standard InChI is InChI=1S/C15H27N5/c1-13(2)20-12-16-8-14(20)10-18-5-7-19-6-4-17(3)9-15(19)11-18/h8,12-13,15H,4-7,9-11H2,1-3H3/t15-/m0/s1. The van der Waals surface area contributed by atoms with E-state index in [0.29, 0.717) is 12.1 Å². The molecule has 0 N–H and O–H groups in total. The second kappa shape index (κ2) is 5.84. The molecule has 0 radical (unpaired) electrons. The van der Waals surface area contributed by atoms with Gasteiger partial charge in [0.05, 0.1) is 12.0 Å². The van der Waals surface area contributed by atoms with Gasteiger partial charge in [-0.1, -0.05) is 0 Å². The van der Waals surface area contributed by atoms with Crippen molar-refractivity contribution < 1.29 is 0 Å². The van der Waals surface area contributed by atoms with Gasteiger partial charge in [-0.05, 0) is 20.9 Å². The van der Waals surface area contributed by atoms with E-state index in [1.165, 1.54) is 45.0 Å². The molecule has 1 atom stereocenters. The molecule has 20 heavy (non-hydrogen) atoms. The Labute approximate surface area is 122 Å². The van der Waals surface area contributed by atoms with Crippen molar-refractivity contribution in [3.63, 3.8) is 0 Å². The van der Waals surface area contributed by atoms with Crippen LogP contribution >= 0.6 is 0 Å². The van der Waals surface area contributed by atoms with E-state index in [-0.39, 0.29) is 0 Å². The molecule has 3 rings (SSSR count). The number of likely N-dealkylation sites (N-methyl/N-ethyl adjacent to an activating group) is 1. The van der Waals surface area contributed by atoms with Gasteiger partial charge in [-0.2, -0.15) is 0 Å². The lowest BCUT2D eigenvalue weighted by Crippen LogP contribution is -2.61. The molecule has 1 aromatic rings. The number of hydrogen-bond donors (Lipinski definition) is 0. The van der Waals surface area contributed by atoms with Crippen molar-refractivity contribution in [3.8, 4) is 0 Å². The van der Waals surface area contributed by atoms with Crippen molar-refractivity contribution in [2.24, 2.45) is 0 Å².